The fourth-order valence-corrected chi connectivity index (χ4v) is 6.46. The number of aryl methyl sites for hydroxylation is 1. The van der Waals surface area contributed by atoms with Gasteiger partial charge in [-0.3, -0.25) is 19.6 Å². The van der Waals surface area contributed by atoms with Crippen molar-refractivity contribution in [3.05, 3.63) is 102 Å². The van der Waals surface area contributed by atoms with Crippen molar-refractivity contribution < 1.29 is 18.7 Å². The van der Waals surface area contributed by atoms with Gasteiger partial charge in [-0.2, -0.15) is 15.3 Å². The summed E-state index contributed by atoms with van der Waals surface area (Å²) >= 11 is 0. The van der Waals surface area contributed by atoms with Gasteiger partial charge >= 0.3 is 0 Å². The van der Waals surface area contributed by atoms with Crippen molar-refractivity contribution in [3.8, 4) is 22.5 Å². The Labute approximate surface area is 277 Å². The standard InChI is InChI=1S/C37H36FN7O3/c1-24-3-13-32(41-40-24)27-6-4-25(5-7-27)26-15-18-45(19-16-26)34(46)22-44-20-17-37(23-44,48-2)36(47)39-30-12-14-33-31(21-30)35(43-42-33)28-8-10-29(38)11-9-28/h3-15,21H,16-20,22-23H2,1-2H3,(H,39,47)(H,42,43)/t37-/m0/s1. The van der Waals surface area contributed by atoms with Gasteiger partial charge in [-0.15, -0.1) is 0 Å². The molecule has 0 radical (unpaired) electrons. The molecule has 2 aliphatic heterocycles. The van der Waals surface area contributed by atoms with E-state index in [1.807, 2.05) is 41.0 Å². The van der Waals surface area contributed by atoms with E-state index >= 15 is 0 Å². The molecule has 5 aromatic rings. The number of anilines is 1. The molecule has 0 saturated carbocycles. The smallest absolute Gasteiger partial charge is 0.258 e. The van der Waals surface area contributed by atoms with Crippen molar-refractivity contribution in [1.29, 1.82) is 0 Å². The summed E-state index contributed by atoms with van der Waals surface area (Å²) in [6.07, 6.45) is 3.35. The Balaban J connectivity index is 0.956. The van der Waals surface area contributed by atoms with Crippen LogP contribution in [0.25, 0.3) is 39.0 Å². The molecule has 0 spiro atoms. The zero-order chi connectivity index (χ0) is 33.3. The molecule has 10 nitrogen and oxygen atoms in total. The molecule has 244 valence electrons. The molecule has 3 aromatic carbocycles. The van der Waals surface area contributed by atoms with Crippen LogP contribution in [-0.4, -0.2) is 87.4 Å². The normalized spacial score (nSPS) is 18.2. The number of halogens is 1. The first-order chi connectivity index (χ1) is 23.3. The Morgan fingerprint density at radius 1 is 0.958 bits per heavy atom. The van der Waals surface area contributed by atoms with E-state index in [0.29, 0.717) is 44.0 Å². The SMILES string of the molecule is CO[C@@]1(C(=O)Nc2ccc3[nH]nc(-c4ccc(F)cc4)c3c2)CCN(CC(=O)N2CC=C(c3ccc(-c4ccc(C)nn4)cc3)CC2)C1. The van der Waals surface area contributed by atoms with Gasteiger partial charge in [-0.25, -0.2) is 4.39 Å². The summed E-state index contributed by atoms with van der Waals surface area (Å²) in [6, 6.07) is 23.8. The van der Waals surface area contributed by atoms with Crippen LogP contribution < -0.4 is 5.32 Å². The van der Waals surface area contributed by atoms with Crippen molar-refractivity contribution in [2.75, 3.05) is 45.2 Å². The number of carbonyl (C=O) groups excluding carboxylic acids is 2. The molecule has 2 aromatic heterocycles. The van der Waals surface area contributed by atoms with E-state index in [1.165, 1.54) is 24.8 Å². The van der Waals surface area contributed by atoms with Gasteiger partial charge < -0.3 is 15.0 Å². The minimum atomic E-state index is -1.09. The number of ether oxygens (including phenoxy) is 1. The lowest BCUT2D eigenvalue weighted by Crippen LogP contribution is -2.48. The molecule has 0 bridgehead atoms. The van der Waals surface area contributed by atoms with Gasteiger partial charge in [0.25, 0.3) is 5.91 Å². The van der Waals surface area contributed by atoms with Crippen molar-refractivity contribution in [3.63, 3.8) is 0 Å². The number of benzene rings is 3. The third-order valence-corrected chi connectivity index (χ3v) is 9.32. The van der Waals surface area contributed by atoms with Crippen LogP contribution in [0.2, 0.25) is 0 Å². The number of methoxy groups -OCH3 is 1. The van der Waals surface area contributed by atoms with Crippen LogP contribution in [-0.2, 0) is 14.3 Å². The van der Waals surface area contributed by atoms with Crippen molar-refractivity contribution in [1.82, 2.24) is 30.2 Å². The third kappa shape index (κ3) is 6.34. The number of hydrogen-bond donors (Lipinski definition) is 2. The summed E-state index contributed by atoms with van der Waals surface area (Å²) in [6.45, 7) is 4.18. The topological polar surface area (TPSA) is 116 Å². The van der Waals surface area contributed by atoms with Crippen LogP contribution in [0.3, 0.4) is 0 Å². The number of aromatic nitrogens is 4. The van der Waals surface area contributed by atoms with E-state index < -0.39 is 5.60 Å². The van der Waals surface area contributed by atoms with Crippen molar-refractivity contribution in [2.24, 2.45) is 0 Å². The van der Waals surface area contributed by atoms with Crippen LogP contribution in [0.5, 0.6) is 0 Å². The van der Waals surface area contributed by atoms with Crippen LogP contribution in [0.1, 0.15) is 24.1 Å². The van der Waals surface area contributed by atoms with E-state index in [9.17, 15) is 14.0 Å². The lowest BCUT2D eigenvalue weighted by molar-refractivity contribution is -0.138. The Bertz CT molecular complexity index is 1990. The second kappa shape index (κ2) is 13.1. The third-order valence-electron chi connectivity index (χ3n) is 9.32. The zero-order valence-corrected chi connectivity index (χ0v) is 26.9. The number of fused-ring (bicyclic) bond motifs is 1. The lowest BCUT2D eigenvalue weighted by Gasteiger charge is -2.30. The monoisotopic (exact) mass is 645 g/mol. The largest absolute Gasteiger partial charge is 0.367 e. The Kier molecular flexibility index (Phi) is 8.55. The number of carbonyl (C=O) groups is 2. The van der Waals surface area contributed by atoms with Gasteiger partial charge in [0.15, 0.2) is 5.60 Å². The highest BCUT2D eigenvalue weighted by atomic mass is 19.1. The van der Waals surface area contributed by atoms with Gasteiger partial charge in [0.05, 0.1) is 29.1 Å². The van der Waals surface area contributed by atoms with Crippen molar-refractivity contribution in [2.45, 2.75) is 25.4 Å². The van der Waals surface area contributed by atoms with Crippen LogP contribution in [0.4, 0.5) is 10.1 Å². The number of rotatable bonds is 8. The van der Waals surface area contributed by atoms with Gasteiger partial charge in [-0.1, -0.05) is 30.3 Å². The molecule has 1 atom stereocenters. The number of likely N-dealkylation sites (tertiary alicyclic amines) is 1. The minimum Gasteiger partial charge on any atom is -0.367 e. The fraction of sp³-hybridized carbons (Fsp3) is 0.270. The second-order valence-electron chi connectivity index (χ2n) is 12.4. The Morgan fingerprint density at radius 2 is 1.73 bits per heavy atom. The second-order valence-corrected chi connectivity index (χ2v) is 12.4. The molecule has 4 heterocycles. The van der Waals surface area contributed by atoms with E-state index in [1.54, 1.807) is 18.2 Å². The molecule has 11 heteroatoms. The van der Waals surface area contributed by atoms with Gasteiger partial charge in [0.2, 0.25) is 5.91 Å². The maximum Gasteiger partial charge on any atom is 0.258 e. The summed E-state index contributed by atoms with van der Waals surface area (Å²) in [4.78, 5) is 30.8. The average Bonchev–Trinajstić information content (AvgIpc) is 3.74. The molecule has 1 fully saturated rings. The summed E-state index contributed by atoms with van der Waals surface area (Å²) in [5.41, 5.74) is 6.83. The Hall–Kier alpha value is -5.26. The van der Waals surface area contributed by atoms with Gasteiger partial charge in [0.1, 0.15) is 5.82 Å². The highest BCUT2D eigenvalue weighted by Crippen LogP contribution is 2.31. The molecule has 48 heavy (non-hydrogen) atoms. The number of hydrogen-bond acceptors (Lipinski definition) is 7. The predicted octanol–water partition coefficient (Wildman–Crippen LogP) is 5.48. The zero-order valence-electron chi connectivity index (χ0n) is 26.9. The maximum absolute atomic E-state index is 13.6. The van der Waals surface area contributed by atoms with E-state index in [-0.39, 0.29) is 24.2 Å². The van der Waals surface area contributed by atoms with E-state index in [4.69, 9.17) is 4.74 Å². The molecule has 1 saturated heterocycles. The fourth-order valence-electron chi connectivity index (χ4n) is 6.46. The number of aromatic amines is 1. The first kappa shape index (κ1) is 31.3. The molecule has 2 amide bonds. The maximum atomic E-state index is 13.6. The van der Waals surface area contributed by atoms with Gasteiger partial charge in [0, 0.05) is 55.5 Å². The number of amides is 2. The molecule has 0 aliphatic carbocycles. The molecular weight excluding hydrogens is 609 g/mol. The predicted molar refractivity (Wildman–Crippen MR) is 182 cm³/mol. The van der Waals surface area contributed by atoms with Crippen molar-refractivity contribution >= 4 is 34.0 Å². The highest BCUT2D eigenvalue weighted by Gasteiger charge is 2.45. The molecule has 0 unspecified atom stereocenters. The van der Waals surface area contributed by atoms with Crippen LogP contribution in [0, 0.1) is 12.7 Å². The summed E-state index contributed by atoms with van der Waals surface area (Å²) < 4.78 is 19.3. The van der Waals surface area contributed by atoms with Crippen LogP contribution in [0.15, 0.2) is 84.9 Å². The highest BCUT2D eigenvalue weighted by molar-refractivity contribution is 6.01. The molecule has 2 aliphatic rings. The summed E-state index contributed by atoms with van der Waals surface area (Å²) in [5.74, 6) is -0.555. The average molecular weight is 646 g/mol. The molecule has 7 rings (SSSR count). The number of H-pyrrole nitrogens is 1. The first-order valence-corrected chi connectivity index (χ1v) is 16.0. The summed E-state index contributed by atoms with van der Waals surface area (Å²) in [5, 5.41) is 19.6. The minimum absolute atomic E-state index is 0.0321. The molecule has 2 N–H and O–H groups in total. The van der Waals surface area contributed by atoms with Crippen LogP contribution >= 0.6 is 0 Å². The first-order valence-electron chi connectivity index (χ1n) is 16.0. The molecular formula is C37H36FN7O3. The quantitative estimate of drug-likeness (QED) is 0.230. The Morgan fingerprint density at radius 3 is 2.44 bits per heavy atom. The van der Waals surface area contributed by atoms with E-state index in [0.717, 1.165) is 45.4 Å². The van der Waals surface area contributed by atoms with E-state index in [2.05, 4.69) is 56.1 Å². The van der Waals surface area contributed by atoms with Gasteiger partial charge in [-0.05, 0) is 85.5 Å². The lowest BCUT2D eigenvalue weighted by atomic mass is 9.97. The summed E-state index contributed by atoms with van der Waals surface area (Å²) in [7, 11) is 1.54. The number of nitrogens with zero attached hydrogens (tertiary/aromatic N) is 5. The number of nitrogens with one attached hydrogen (secondary N) is 2.